The minimum Gasteiger partial charge on any atom is -0.497 e. The molecule has 1 N–H and O–H groups in total. The molecule has 8 nitrogen and oxygen atoms in total. The fourth-order valence-corrected chi connectivity index (χ4v) is 4.01. The van der Waals surface area contributed by atoms with E-state index in [0.717, 1.165) is 22.5 Å². The number of hydrogen-bond donors (Lipinski definition) is 1. The molecule has 0 saturated carbocycles. The van der Waals surface area contributed by atoms with Gasteiger partial charge in [-0.25, -0.2) is 4.98 Å². The smallest absolute Gasteiger partial charge is 0.401 e. The molecule has 11 heteroatoms. The fourth-order valence-electron chi connectivity index (χ4n) is 4.01. The number of aromatic nitrogens is 4. The van der Waals surface area contributed by atoms with E-state index in [2.05, 4.69) is 29.2 Å². The first-order valence-corrected chi connectivity index (χ1v) is 12.3. The van der Waals surface area contributed by atoms with Crippen molar-refractivity contribution < 1.29 is 22.6 Å². The SMILES string of the molecule is COc1cc(OC)cc(N(CCCNCC(F)(F)F)c2ccc3ncc(-c4cnn(C(C)C)c4)nc3c2)c1. The quantitative estimate of drug-likeness (QED) is 0.248. The van der Waals surface area contributed by atoms with Gasteiger partial charge in [-0.05, 0) is 45.0 Å². The van der Waals surface area contributed by atoms with Gasteiger partial charge in [0.1, 0.15) is 11.5 Å². The maximum atomic E-state index is 12.6. The van der Waals surface area contributed by atoms with Crippen LogP contribution in [0.5, 0.6) is 11.5 Å². The Labute approximate surface area is 219 Å². The van der Waals surface area contributed by atoms with Gasteiger partial charge in [0.25, 0.3) is 0 Å². The van der Waals surface area contributed by atoms with Crippen molar-refractivity contribution in [1.82, 2.24) is 25.1 Å². The summed E-state index contributed by atoms with van der Waals surface area (Å²) in [5.41, 5.74) is 4.57. The van der Waals surface area contributed by atoms with Crippen LogP contribution in [0.2, 0.25) is 0 Å². The van der Waals surface area contributed by atoms with Gasteiger partial charge in [-0.15, -0.1) is 0 Å². The topological polar surface area (TPSA) is 77.3 Å². The second-order valence-corrected chi connectivity index (χ2v) is 9.10. The minimum atomic E-state index is -4.25. The van der Waals surface area contributed by atoms with Crippen LogP contribution in [0.3, 0.4) is 0 Å². The Bertz CT molecular complexity index is 1350. The van der Waals surface area contributed by atoms with Crippen molar-refractivity contribution in [2.75, 3.05) is 38.8 Å². The molecule has 0 aliphatic rings. The highest BCUT2D eigenvalue weighted by Crippen LogP contribution is 2.34. The third-order valence-corrected chi connectivity index (χ3v) is 5.97. The molecule has 0 spiro atoms. The van der Waals surface area contributed by atoms with Crippen molar-refractivity contribution in [1.29, 1.82) is 0 Å². The van der Waals surface area contributed by atoms with E-state index in [-0.39, 0.29) is 12.6 Å². The van der Waals surface area contributed by atoms with Crippen LogP contribution in [0.1, 0.15) is 26.3 Å². The Morgan fingerprint density at radius 3 is 2.34 bits per heavy atom. The summed E-state index contributed by atoms with van der Waals surface area (Å²) in [5, 5.41) is 6.86. The lowest BCUT2D eigenvalue weighted by Gasteiger charge is -2.26. The molecule has 0 bridgehead atoms. The summed E-state index contributed by atoms with van der Waals surface area (Å²) < 4.78 is 50.4. The van der Waals surface area contributed by atoms with Crippen LogP contribution in [-0.2, 0) is 0 Å². The lowest BCUT2D eigenvalue weighted by atomic mass is 10.1. The predicted molar refractivity (Wildman–Crippen MR) is 141 cm³/mol. The Balaban J connectivity index is 1.67. The monoisotopic (exact) mass is 528 g/mol. The number of rotatable bonds is 11. The zero-order valence-electron chi connectivity index (χ0n) is 21.8. The van der Waals surface area contributed by atoms with E-state index in [9.17, 15) is 13.2 Å². The van der Waals surface area contributed by atoms with Crippen molar-refractivity contribution in [2.45, 2.75) is 32.5 Å². The van der Waals surface area contributed by atoms with Crippen LogP contribution in [0.25, 0.3) is 22.3 Å². The summed E-state index contributed by atoms with van der Waals surface area (Å²) in [6.07, 6.45) is 1.64. The van der Waals surface area contributed by atoms with E-state index in [1.165, 1.54) is 0 Å². The summed E-state index contributed by atoms with van der Waals surface area (Å²) in [5.74, 6) is 1.20. The van der Waals surface area contributed by atoms with Gasteiger partial charge >= 0.3 is 6.18 Å². The number of fused-ring (bicyclic) bond motifs is 1. The van der Waals surface area contributed by atoms with Crippen LogP contribution < -0.4 is 19.7 Å². The number of methoxy groups -OCH3 is 2. The van der Waals surface area contributed by atoms with Crippen molar-refractivity contribution >= 4 is 22.4 Å². The molecule has 0 fully saturated rings. The molecule has 0 aliphatic carbocycles. The van der Waals surface area contributed by atoms with Gasteiger partial charge in [0.15, 0.2) is 0 Å². The standard InChI is InChI=1S/C27H31F3N6O2/c1-18(2)36-16-19(14-33-36)26-15-32-24-7-6-20(12-25(24)34-26)35(9-5-8-31-17-27(28,29)30)21-10-22(37-3)13-23(11-21)38-4/h6-7,10-16,18,31H,5,8-9,17H2,1-4H3. The molecule has 2 aromatic carbocycles. The van der Waals surface area contributed by atoms with Crippen LogP contribution in [0, 0.1) is 0 Å². The highest BCUT2D eigenvalue weighted by atomic mass is 19.4. The molecule has 0 amide bonds. The van der Waals surface area contributed by atoms with Crippen LogP contribution in [0.15, 0.2) is 55.0 Å². The summed E-state index contributed by atoms with van der Waals surface area (Å²) in [7, 11) is 3.14. The van der Waals surface area contributed by atoms with E-state index in [1.807, 2.05) is 46.1 Å². The van der Waals surface area contributed by atoms with Gasteiger partial charge in [-0.2, -0.15) is 18.3 Å². The van der Waals surface area contributed by atoms with Crippen molar-refractivity contribution in [3.63, 3.8) is 0 Å². The summed E-state index contributed by atoms with van der Waals surface area (Å²) in [4.78, 5) is 11.4. The first-order chi connectivity index (χ1) is 18.2. The van der Waals surface area contributed by atoms with Gasteiger partial charge in [0.2, 0.25) is 0 Å². The molecule has 4 rings (SSSR count). The first kappa shape index (κ1) is 27.2. The van der Waals surface area contributed by atoms with E-state index >= 15 is 0 Å². The number of ether oxygens (including phenoxy) is 2. The molecule has 4 aromatic rings. The third kappa shape index (κ3) is 6.71. The normalized spacial score (nSPS) is 11.8. The van der Waals surface area contributed by atoms with Crippen LogP contribution in [0.4, 0.5) is 24.5 Å². The molecule has 0 atom stereocenters. The number of nitrogens with zero attached hydrogens (tertiary/aromatic N) is 5. The van der Waals surface area contributed by atoms with Gasteiger partial charge in [-0.3, -0.25) is 9.67 Å². The Hall–Kier alpha value is -3.86. The molecule has 2 heterocycles. The van der Waals surface area contributed by atoms with Crippen LogP contribution in [-0.4, -0.2) is 59.8 Å². The largest absolute Gasteiger partial charge is 0.497 e. The maximum Gasteiger partial charge on any atom is 0.401 e. The third-order valence-electron chi connectivity index (χ3n) is 5.97. The van der Waals surface area contributed by atoms with E-state index < -0.39 is 12.7 Å². The van der Waals surface area contributed by atoms with Gasteiger partial charge in [0, 0.05) is 53.9 Å². The van der Waals surface area contributed by atoms with Crippen molar-refractivity contribution in [3.05, 3.63) is 55.0 Å². The second kappa shape index (κ2) is 11.7. The summed E-state index contributed by atoms with van der Waals surface area (Å²) in [6, 6.07) is 11.4. The highest BCUT2D eigenvalue weighted by Gasteiger charge is 2.26. The average molecular weight is 529 g/mol. The lowest BCUT2D eigenvalue weighted by Crippen LogP contribution is -2.31. The molecule has 0 radical (unpaired) electrons. The maximum absolute atomic E-state index is 12.6. The Morgan fingerprint density at radius 1 is 0.974 bits per heavy atom. The predicted octanol–water partition coefficient (Wildman–Crippen LogP) is 5.77. The van der Waals surface area contributed by atoms with Crippen molar-refractivity contribution in [3.8, 4) is 22.8 Å². The van der Waals surface area contributed by atoms with Crippen molar-refractivity contribution in [2.24, 2.45) is 0 Å². The van der Waals surface area contributed by atoms with E-state index in [0.29, 0.717) is 35.7 Å². The molecule has 202 valence electrons. The molecular weight excluding hydrogens is 497 g/mol. The zero-order valence-corrected chi connectivity index (χ0v) is 21.8. The minimum absolute atomic E-state index is 0.203. The number of hydrogen-bond acceptors (Lipinski definition) is 7. The Morgan fingerprint density at radius 2 is 1.71 bits per heavy atom. The second-order valence-electron chi connectivity index (χ2n) is 9.10. The summed E-state index contributed by atoms with van der Waals surface area (Å²) in [6.45, 7) is 3.73. The molecule has 2 aromatic heterocycles. The zero-order chi connectivity index (χ0) is 27.3. The fraction of sp³-hybridized carbons (Fsp3) is 0.370. The van der Waals surface area contributed by atoms with E-state index in [1.54, 1.807) is 32.7 Å². The molecule has 0 saturated heterocycles. The lowest BCUT2D eigenvalue weighted by molar-refractivity contribution is -0.124. The van der Waals surface area contributed by atoms with Crippen LogP contribution >= 0.6 is 0 Å². The Kier molecular flexibility index (Phi) is 8.35. The van der Waals surface area contributed by atoms with E-state index in [4.69, 9.17) is 14.5 Å². The van der Waals surface area contributed by atoms with Gasteiger partial charge < -0.3 is 19.7 Å². The van der Waals surface area contributed by atoms with Gasteiger partial charge in [0.05, 0.1) is 49.9 Å². The van der Waals surface area contributed by atoms with Gasteiger partial charge in [-0.1, -0.05) is 0 Å². The molecule has 0 aliphatic heterocycles. The highest BCUT2D eigenvalue weighted by molar-refractivity contribution is 5.82. The number of benzene rings is 2. The number of halogens is 3. The first-order valence-electron chi connectivity index (χ1n) is 12.3. The molecule has 0 unspecified atom stereocenters. The molecule has 38 heavy (non-hydrogen) atoms. The molecular formula is C27H31F3N6O2. The average Bonchev–Trinajstić information content (AvgIpc) is 3.40. The summed E-state index contributed by atoms with van der Waals surface area (Å²) >= 11 is 0. The number of alkyl halides is 3. The number of nitrogens with one attached hydrogen (secondary N) is 1. The number of anilines is 2.